The Morgan fingerprint density at radius 3 is 2.65 bits per heavy atom. The number of rotatable bonds is 3. The van der Waals surface area contributed by atoms with Crippen molar-refractivity contribution in [1.82, 2.24) is 10.5 Å². The Kier molecular flexibility index (Phi) is 3.93. The van der Waals surface area contributed by atoms with Crippen molar-refractivity contribution in [3.63, 3.8) is 0 Å². The summed E-state index contributed by atoms with van der Waals surface area (Å²) >= 11 is 0. The van der Waals surface area contributed by atoms with Crippen LogP contribution in [0.25, 0.3) is 11.3 Å². The van der Waals surface area contributed by atoms with Crippen molar-refractivity contribution in [3.05, 3.63) is 41.4 Å². The average molecular weight is 338 g/mol. The molecule has 1 aromatic heterocycles. The first-order valence-corrected chi connectivity index (χ1v) is 8.91. The van der Waals surface area contributed by atoms with Crippen LogP contribution in [-0.2, 0) is 9.84 Å². The molecule has 1 unspecified atom stereocenters. The number of carbonyl (C=O) groups is 1. The van der Waals surface area contributed by atoms with Gasteiger partial charge in [-0.25, -0.2) is 12.8 Å². The number of aryl methyl sites for hydroxylation is 1. The molecule has 1 aromatic carbocycles. The van der Waals surface area contributed by atoms with E-state index in [0.29, 0.717) is 23.4 Å². The standard InChI is InChI=1S/C15H15FN2O4S/c1-9-13(15(19)17-12-6-7-23(20,21)8-12)14(18-22-9)10-2-4-11(16)5-3-10/h2-5,12H,6-8H2,1H3,(H,17,19). The first-order chi connectivity index (χ1) is 10.9. The molecule has 2 aromatic rings. The first-order valence-electron chi connectivity index (χ1n) is 7.09. The molecule has 6 nitrogen and oxygen atoms in total. The number of halogens is 1. The molecule has 0 bridgehead atoms. The van der Waals surface area contributed by atoms with Gasteiger partial charge in [0, 0.05) is 11.6 Å². The number of hydrogen-bond donors (Lipinski definition) is 1. The molecule has 1 saturated heterocycles. The van der Waals surface area contributed by atoms with Crippen LogP contribution in [0.2, 0.25) is 0 Å². The van der Waals surface area contributed by atoms with Gasteiger partial charge in [-0.05, 0) is 37.6 Å². The number of aromatic nitrogens is 1. The number of benzene rings is 1. The highest BCUT2D eigenvalue weighted by Crippen LogP contribution is 2.26. The van der Waals surface area contributed by atoms with Crippen molar-refractivity contribution in [2.75, 3.05) is 11.5 Å². The lowest BCUT2D eigenvalue weighted by Gasteiger charge is -2.10. The van der Waals surface area contributed by atoms with Gasteiger partial charge in [0.25, 0.3) is 5.91 Å². The largest absolute Gasteiger partial charge is 0.360 e. The second-order valence-corrected chi connectivity index (χ2v) is 7.77. The lowest BCUT2D eigenvalue weighted by Crippen LogP contribution is -2.36. The van der Waals surface area contributed by atoms with E-state index in [0.717, 1.165) is 0 Å². The van der Waals surface area contributed by atoms with Crippen LogP contribution < -0.4 is 5.32 Å². The normalized spacial score (nSPS) is 19.7. The van der Waals surface area contributed by atoms with Crippen LogP contribution in [-0.4, -0.2) is 37.0 Å². The Bertz CT molecular complexity index is 843. The highest BCUT2D eigenvalue weighted by Gasteiger charge is 2.31. The minimum Gasteiger partial charge on any atom is -0.360 e. The topological polar surface area (TPSA) is 89.3 Å². The highest BCUT2D eigenvalue weighted by atomic mass is 32.2. The Labute approximate surface area is 132 Å². The minimum atomic E-state index is -3.08. The molecular weight excluding hydrogens is 323 g/mol. The molecule has 8 heteroatoms. The third-order valence-electron chi connectivity index (χ3n) is 3.78. The second kappa shape index (κ2) is 5.77. The quantitative estimate of drug-likeness (QED) is 0.920. The fourth-order valence-electron chi connectivity index (χ4n) is 2.61. The van der Waals surface area contributed by atoms with E-state index in [1.165, 1.54) is 24.3 Å². The van der Waals surface area contributed by atoms with Gasteiger partial charge in [0.2, 0.25) is 0 Å². The molecule has 1 atom stereocenters. The maximum atomic E-state index is 13.0. The summed E-state index contributed by atoms with van der Waals surface area (Å²) in [5, 5.41) is 6.57. The maximum Gasteiger partial charge on any atom is 0.257 e. The van der Waals surface area contributed by atoms with Crippen molar-refractivity contribution in [3.8, 4) is 11.3 Å². The van der Waals surface area contributed by atoms with Crippen LogP contribution in [0.5, 0.6) is 0 Å². The van der Waals surface area contributed by atoms with Crippen molar-refractivity contribution < 1.29 is 22.1 Å². The van der Waals surface area contributed by atoms with Gasteiger partial charge in [0.1, 0.15) is 22.8 Å². The molecule has 0 aliphatic carbocycles. The van der Waals surface area contributed by atoms with Crippen molar-refractivity contribution in [1.29, 1.82) is 0 Å². The molecular formula is C15H15FN2O4S. The Morgan fingerprint density at radius 2 is 2.04 bits per heavy atom. The van der Waals surface area contributed by atoms with Crippen LogP contribution in [0.1, 0.15) is 22.5 Å². The van der Waals surface area contributed by atoms with Crippen molar-refractivity contribution in [2.45, 2.75) is 19.4 Å². The third kappa shape index (κ3) is 3.26. The summed E-state index contributed by atoms with van der Waals surface area (Å²) in [6.45, 7) is 1.60. The molecule has 2 heterocycles. The Hall–Kier alpha value is -2.22. The van der Waals surface area contributed by atoms with E-state index in [4.69, 9.17) is 4.52 Å². The van der Waals surface area contributed by atoms with Gasteiger partial charge in [-0.2, -0.15) is 0 Å². The zero-order chi connectivity index (χ0) is 16.6. The lowest BCUT2D eigenvalue weighted by atomic mass is 10.1. The van der Waals surface area contributed by atoms with Crippen LogP contribution in [0.4, 0.5) is 4.39 Å². The zero-order valence-corrected chi connectivity index (χ0v) is 13.2. The highest BCUT2D eigenvalue weighted by molar-refractivity contribution is 7.91. The Balaban J connectivity index is 1.86. The molecule has 1 aliphatic heterocycles. The van der Waals surface area contributed by atoms with E-state index in [2.05, 4.69) is 10.5 Å². The Morgan fingerprint density at radius 1 is 1.35 bits per heavy atom. The predicted molar refractivity (Wildman–Crippen MR) is 81.2 cm³/mol. The zero-order valence-electron chi connectivity index (χ0n) is 12.4. The van der Waals surface area contributed by atoms with E-state index < -0.39 is 27.6 Å². The number of amides is 1. The molecule has 0 radical (unpaired) electrons. The van der Waals surface area contributed by atoms with Gasteiger partial charge in [-0.1, -0.05) is 5.16 Å². The van der Waals surface area contributed by atoms with Crippen LogP contribution in [0.15, 0.2) is 28.8 Å². The van der Waals surface area contributed by atoms with Gasteiger partial charge in [0.05, 0.1) is 11.5 Å². The number of sulfone groups is 1. The van der Waals surface area contributed by atoms with Gasteiger partial charge < -0.3 is 9.84 Å². The number of nitrogens with zero attached hydrogens (tertiary/aromatic N) is 1. The summed E-state index contributed by atoms with van der Waals surface area (Å²) < 4.78 is 41.1. The van der Waals surface area contributed by atoms with Gasteiger partial charge in [-0.3, -0.25) is 4.79 Å². The van der Waals surface area contributed by atoms with E-state index in [-0.39, 0.29) is 17.1 Å². The van der Waals surface area contributed by atoms with Crippen molar-refractivity contribution in [2.24, 2.45) is 0 Å². The summed E-state index contributed by atoms with van der Waals surface area (Å²) in [7, 11) is -3.08. The molecule has 122 valence electrons. The van der Waals surface area contributed by atoms with E-state index in [1.54, 1.807) is 6.92 Å². The smallest absolute Gasteiger partial charge is 0.257 e. The molecule has 1 aliphatic rings. The summed E-state index contributed by atoms with van der Waals surface area (Å²) in [6.07, 6.45) is 0.393. The third-order valence-corrected chi connectivity index (χ3v) is 5.54. The van der Waals surface area contributed by atoms with E-state index in [9.17, 15) is 17.6 Å². The summed E-state index contributed by atoms with van der Waals surface area (Å²) in [4.78, 5) is 12.5. The average Bonchev–Trinajstić information content (AvgIpc) is 3.02. The van der Waals surface area contributed by atoms with E-state index >= 15 is 0 Å². The molecule has 1 amide bonds. The van der Waals surface area contributed by atoms with Crippen LogP contribution in [0.3, 0.4) is 0 Å². The van der Waals surface area contributed by atoms with Crippen LogP contribution in [0, 0.1) is 12.7 Å². The summed E-state index contributed by atoms with van der Waals surface area (Å²) in [5.74, 6) is -0.496. The predicted octanol–water partition coefficient (Wildman–Crippen LogP) is 1.71. The summed E-state index contributed by atoms with van der Waals surface area (Å²) in [5.41, 5.74) is 1.09. The monoisotopic (exact) mass is 338 g/mol. The minimum absolute atomic E-state index is 0.0606. The van der Waals surface area contributed by atoms with Gasteiger partial charge in [-0.15, -0.1) is 0 Å². The molecule has 0 spiro atoms. The molecule has 1 fully saturated rings. The van der Waals surface area contributed by atoms with Gasteiger partial charge >= 0.3 is 0 Å². The SMILES string of the molecule is Cc1onc(-c2ccc(F)cc2)c1C(=O)NC1CCS(=O)(=O)C1. The molecule has 0 saturated carbocycles. The van der Waals surface area contributed by atoms with E-state index in [1.807, 2.05) is 0 Å². The molecule has 1 N–H and O–H groups in total. The van der Waals surface area contributed by atoms with Crippen molar-refractivity contribution >= 4 is 15.7 Å². The summed E-state index contributed by atoms with van der Waals surface area (Å²) in [6, 6.07) is 5.13. The number of hydrogen-bond acceptors (Lipinski definition) is 5. The fraction of sp³-hybridized carbons (Fsp3) is 0.333. The second-order valence-electron chi connectivity index (χ2n) is 5.54. The first kappa shape index (κ1) is 15.7. The molecule has 23 heavy (non-hydrogen) atoms. The van der Waals surface area contributed by atoms with Gasteiger partial charge in [0.15, 0.2) is 9.84 Å². The van der Waals surface area contributed by atoms with Crippen LogP contribution >= 0.6 is 0 Å². The fourth-order valence-corrected chi connectivity index (χ4v) is 4.28. The number of carbonyl (C=O) groups excluding carboxylic acids is 1. The molecule has 3 rings (SSSR count). The number of nitrogens with one attached hydrogen (secondary N) is 1. The maximum absolute atomic E-state index is 13.0. The lowest BCUT2D eigenvalue weighted by molar-refractivity contribution is 0.0940.